The van der Waals surface area contributed by atoms with Gasteiger partial charge in [0.15, 0.2) is 9.84 Å². The quantitative estimate of drug-likeness (QED) is 0.487. The number of nitrogens with one attached hydrogen (secondary N) is 1. The topological polar surface area (TPSA) is 115 Å². The number of benzene rings is 1. The van der Waals surface area contributed by atoms with Crippen molar-refractivity contribution in [3.63, 3.8) is 0 Å². The van der Waals surface area contributed by atoms with Gasteiger partial charge in [-0.05, 0) is 18.9 Å². The van der Waals surface area contributed by atoms with Gasteiger partial charge in [-0.2, -0.15) is 0 Å². The van der Waals surface area contributed by atoms with E-state index >= 15 is 0 Å². The summed E-state index contributed by atoms with van der Waals surface area (Å²) in [5.41, 5.74) is 6.19. The van der Waals surface area contributed by atoms with Gasteiger partial charge in [-0.25, -0.2) is 8.42 Å². The second kappa shape index (κ2) is 5.04. The van der Waals surface area contributed by atoms with E-state index in [0.717, 1.165) is 0 Å². The van der Waals surface area contributed by atoms with Crippen LogP contribution in [0.25, 0.3) is 0 Å². The van der Waals surface area contributed by atoms with Crippen molar-refractivity contribution in [2.24, 2.45) is 0 Å². The molecule has 3 N–H and O–H groups in total. The average molecular weight is 285 g/mol. The normalized spacial score (nSPS) is 21.2. The van der Waals surface area contributed by atoms with Gasteiger partial charge in [-0.15, -0.1) is 0 Å². The van der Waals surface area contributed by atoms with Crippen molar-refractivity contribution >= 4 is 26.9 Å². The highest BCUT2D eigenvalue weighted by molar-refractivity contribution is 7.92. The van der Waals surface area contributed by atoms with Crippen molar-refractivity contribution in [2.45, 2.75) is 18.1 Å². The second-order valence-corrected chi connectivity index (χ2v) is 6.98. The molecule has 1 aliphatic rings. The lowest BCUT2D eigenvalue weighted by Crippen LogP contribution is -2.25. The molecule has 7 nitrogen and oxygen atoms in total. The molecule has 0 bridgehead atoms. The van der Waals surface area contributed by atoms with E-state index in [-0.39, 0.29) is 23.7 Å². The predicted octanol–water partition coefficient (Wildman–Crippen LogP) is 1.17. The predicted molar refractivity (Wildman–Crippen MR) is 72.8 cm³/mol. The molecule has 0 aromatic heterocycles. The van der Waals surface area contributed by atoms with Gasteiger partial charge in [0.25, 0.3) is 5.69 Å². The molecular formula is C11H15N3O4S. The van der Waals surface area contributed by atoms with E-state index in [1.165, 1.54) is 12.1 Å². The first kappa shape index (κ1) is 13.6. The fraction of sp³-hybridized carbons (Fsp3) is 0.455. The number of nitro benzene ring substituents is 1. The molecule has 0 radical (unpaired) electrons. The van der Waals surface area contributed by atoms with Gasteiger partial charge in [0.1, 0.15) is 0 Å². The maximum atomic E-state index is 11.7. The maximum Gasteiger partial charge on any atom is 0.273 e. The molecule has 0 spiro atoms. The zero-order valence-electron chi connectivity index (χ0n) is 10.2. The number of anilines is 2. The lowest BCUT2D eigenvalue weighted by atomic mass is 10.2. The van der Waals surface area contributed by atoms with Gasteiger partial charge < -0.3 is 11.1 Å². The van der Waals surface area contributed by atoms with E-state index in [2.05, 4.69) is 5.32 Å². The van der Waals surface area contributed by atoms with E-state index in [1.807, 2.05) is 0 Å². The highest BCUT2D eigenvalue weighted by Gasteiger charge is 2.30. The molecule has 0 aliphatic carbocycles. The minimum absolute atomic E-state index is 0.114. The molecule has 1 aliphatic heterocycles. The third-order valence-electron chi connectivity index (χ3n) is 3.15. The summed E-state index contributed by atoms with van der Waals surface area (Å²) in [6.45, 7) is 0.253. The fourth-order valence-electron chi connectivity index (χ4n) is 2.16. The van der Waals surface area contributed by atoms with Crippen LogP contribution in [-0.2, 0) is 9.84 Å². The molecule has 0 saturated carbocycles. The molecule has 19 heavy (non-hydrogen) atoms. The third kappa shape index (κ3) is 3.14. The van der Waals surface area contributed by atoms with Crippen LogP contribution in [0.4, 0.5) is 17.1 Å². The summed E-state index contributed by atoms with van der Waals surface area (Å²) in [7, 11) is -3.02. The number of nitrogens with zero attached hydrogens (tertiary/aromatic N) is 1. The van der Waals surface area contributed by atoms with Gasteiger partial charge in [0, 0.05) is 30.1 Å². The number of non-ortho nitro benzene ring substituents is 1. The number of rotatable bonds is 4. The van der Waals surface area contributed by atoms with Crippen LogP contribution in [0.2, 0.25) is 0 Å². The van der Waals surface area contributed by atoms with E-state index in [4.69, 9.17) is 5.73 Å². The minimum Gasteiger partial charge on any atom is -0.398 e. The first-order valence-electron chi connectivity index (χ1n) is 5.89. The largest absolute Gasteiger partial charge is 0.398 e. The van der Waals surface area contributed by atoms with Gasteiger partial charge in [0.05, 0.1) is 15.9 Å². The van der Waals surface area contributed by atoms with Gasteiger partial charge >= 0.3 is 0 Å². The van der Waals surface area contributed by atoms with Crippen LogP contribution in [0.1, 0.15) is 12.8 Å². The Labute approximate surface area is 110 Å². The molecule has 1 fully saturated rings. The average Bonchev–Trinajstić information content (AvgIpc) is 2.65. The van der Waals surface area contributed by atoms with Crippen molar-refractivity contribution in [3.05, 3.63) is 28.3 Å². The van der Waals surface area contributed by atoms with Crippen LogP contribution >= 0.6 is 0 Å². The number of nitrogen functional groups attached to an aromatic ring is 1. The summed E-state index contributed by atoms with van der Waals surface area (Å²) in [5, 5.41) is 13.2. The zero-order chi connectivity index (χ0) is 14.0. The molecule has 1 heterocycles. The van der Waals surface area contributed by atoms with Crippen LogP contribution in [0.3, 0.4) is 0 Å². The Balaban J connectivity index is 2.10. The molecule has 0 amide bonds. The molecule has 1 unspecified atom stereocenters. The van der Waals surface area contributed by atoms with Crippen LogP contribution in [0.15, 0.2) is 18.2 Å². The smallest absolute Gasteiger partial charge is 0.273 e. The van der Waals surface area contributed by atoms with Gasteiger partial charge in [0.2, 0.25) is 0 Å². The first-order chi connectivity index (χ1) is 8.88. The van der Waals surface area contributed by atoms with Crippen molar-refractivity contribution in [2.75, 3.05) is 23.3 Å². The SMILES string of the molecule is Nc1cc(NCC2CCCS2(=O)=O)cc([N+](=O)[O-])c1. The lowest BCUT2D eigenvalue weighted by Gasteiger charge is -2.12. The minimum atomic E-state index is -3.02. The zero-order valence-corrected chi connectivity index (χ0v) is 11.0. The molecule has 1 aromatic carbocycles. The second-order valence-electron chi connectivity index (χ2n) is 4.58. The number of sulfone groups is 1. The van der Waals surface area contributed by atoms with Crippen LogP contribution in [-0.4, -0.2) is 30.9 Å². The van der Waals surface area contributed by atoms with Crippen molar-refractivity contribution in [1.29, 1.82) is 0 Å². The van der Waals surface area contributed by atoms with E-state index in [9.17, 15) is 18.5 Å². The Morgan fingerprint density at radius 1 is 1.42 bits per heavy atom. The maximum absolute atomic E-state index is 11.7. The fourth-order valence-corrected chi connectivity index (χ4v) is 3.93. The number of hydrogen-bond acceptors (Lipinski definition) is 6. The molecule has 2 rings (SSSR count). The molecule has 104 valence electrons. The standard InChI is InChI=1S/C11H15N3O4S/c12-8-4-9(6-10(5-8)14(15)16)13-7-11-2-1-3-19(11,17)18/h4-6,11,13H,1-3,7,12H2. The van der Waals surface area contributed by atoms with E-state index in [0.29, 0.717) is 18.5 Å². The Hall–Kier alpha value is -1.83. The van der Waals surface area contributed by atoms with Crippen molar-refractivity contribution in [3.8, 4) is 0 Å². The monoisotopic (exact) mass is 285 g/mol. The third-order valence-corrected chi connectivity index (χ3v) is 5.42. The van der Waals surface area contributed by atoms with Crippen molar-refractivity contribution in [1.82, 2.24) is 0 Å². The molecule has 1 aromatic rings. The summed E-state index contributed by atoms with van der Waals surface area (Å²) >= 11 is 0. The highest BCUT2D eigenvalue weighted by Crippen LogP contribution is 2.24. The molecule has 8 heteroatoms. The summed E-state index contributed by atoms with van der Waals surface area (Å²) in [5.74, 6) is 0.219. The van der Waals surface area contributed by atoms with Crippen LogP contribution in [0, 0.1) is 10.1 Å². The molecule has 1 atom stereocenters. The van der Waals surface area contributed by atoms with Crippen molar-refractivity contribution < 1.29 is 13.3 Å². The lowest BCUT2D eigenvalue weighted by molar-refractivity contribution is -0.384. The first-order valence-corrected chi connectivity index (χ1v) is 7.60. The Bertz CT molecular complexity index is 600. The van der Waals surface area contributed by atoms with Crippen LogP contribution in [0.5, 0.6) is 0 Å². The summed E-state index contributed by atoms with van der Waals surface area (Å²) in [6.07, 6.45) is 1.30. The number of hydrogen-bond donors (Lipinski definition) is 2. The highest BCUT2D eigenvalue weighted by atomic mass is 32.2. The van der Waals surface area contributed by atoms with Gasteiger partial charge in [-0.3, -0.25) is 10.1 Å². The number of nitro groups is 1. The summed E-state index contributed by atoms with van der Waals surface area (Å²) < 4.78 is 23.3. The van der Waals surface area contributed by atoms with Gasteiger partial charge in [-0.1, -0.05) is 0 Å². The number of nitrogens with two attached hydrogens (primary N) is 1. The van der Waals surface area contributed by atoms with Crippen LogP contribution < -0.4 is 11.1 Å². The summed E-state index contributed by atoms with van der Waals surface area (Å²) in [4.78, 5) is 10.2. The molecular weight excluding hydrogens is 270 g/mol. The Morgan fingerprint density at radius 2 is 2.16 bits per heavy atom. The Morgan fingerprint density at radius 3 is 2.74 bits per heavy atom. The Kier molecular flexibility index (Phi) is 3.61. The van der Waals surface area contributed by atoms with E-state index in [1.54, 1.807) is 6.07 Å². The van der Waals surface area contributed by atoms with E-state index < -0.39 is 20.0 Å². The molecule has 1 saturated heterocycles. The summed E-state index contributed by atoms with van der Waals surface area (Å²) in [6, 6.07) is 4.16.